The summed E-state index contributed by atoms with van der Waals surface area (Å²) in [6, 6.07) is 3.24. The normalized spacial score (nSPS) is 18.5. The summed E-state index contributed by atoms with van der Waals surface area (Å²) < 4.78 is 52.1. The second kappa shape index (κ2) is 6.20. The van der Waals surface area contributed by atoms with Crippen molar-refractivity contribution in [2.45, 2.75) is 25.6 Å². The predicted octanol–water partition coefficient (Wildman–Crippen LogP) is 5.02. The lowest BCUT2D eigenvalue weighted by Gasteiger charge is -2.32. The number of likely N-dealkylation sites (tertiary alicyclic amines) is 1. The van der Waals surface area contributed by atoms with Crippen LogP contribution in [-0.2, 0) is 6.54 Å². The fourth-order valence-electron chi connectivity index (χ4n) is 2.35. The van der Waals surface area contributed by atoms with E-state index in [0.29, 0.717) is 23.1 Å². The van der Waals surface area contributed by atoms with Gasteiger partial charge in [-0.25, -0.2) is 4.39 Å². The molecule has 0 spiro atoms. The topological polar surface area (TPSA) is 3.24 Å². The molecule has 1 nitrogen and oxygen atoms in total. The average molecular weight is 375 g/mol. The first kappa shape index (κ1) is 16.0. The van der Waals surface area contributed by atoms with Gasteiger partial charge in [-0.3, -0.25) is 4.90 Å². The third-order valence-electron chi connectivity index (χ3n) is 3.56. The molecule has 1 heterocycles. The zero-order valence-corrected chi connectivity index (χ0v) is 12.8. The Kier molecular flexibility index (Phi) is 4.97. The highest BCUT2D eigenvalue weighted by Crippen LogP contribution is 2.35. The monoisotopic (exact) mass is 373 g/mol. The van der Waals surface area contributed by atoms with Crippen LogP contribution >= 0.6 is 27.5 Å². The number of hydrogen-bond donors (Lipinski definition) is 0. The summed E-state index contributed by atoms with van der Waals surface area (Å²) in [6.45, 7) is 0.915. The van der Waals surface area contributed by atoms with Gasteiger partial charge in [-0.15, -0.1) is 0 Å². The molecule has 0 aromatic heterocycles. The SMILES string of the molecule is Fc1c(CN2CCC(C(F)(F)F)CC2)ccc(Br)c1Cl. The second-order valence-electron chi connectivity index (χ2n) is 4.93. The summed E-state index contributed by atoms with van der Waals surface area (Å²) in [5, 5.41) is 0.00711. The van der Waals surface area contributed by atoms with Gasteiger partial charge in [0.1, 0.15) is 5.82 Å². The molecule has 1 aliphatic heterocycles. The van der Waals surface area contributed by atoms with Crippen LogP contribution in [-0.4, -0.2) is 24.2 Å². The second-order valence-corrected chi connectivity index (χ2v) is 6.16. The third-order valence-corrected chi connectivity index (χ3v) is 4.82. The minimum Gasteiger partial charge on any atom is -0.299 e. The predicted molar refractivity (Wildman–Crippen MR) is 73.2 cm³/mol. The van der Waals surface area contributed by atoms with Crippen LogP contribution in [0.4, 0.5) is 17.6 Å². The van der Waals surface area contributed by atoms with E-state index in [1.165, 1.54) is 0 Å². The number of benzene rings is 1. The van der Waals surface area contributed by atoms with E-state index in [1.807, 2.05) is 4.90 Å². The molecule has 1 aromatic carbocycles. The number of rotatable bonds is 2. The van der Waals surface area contributed by atoms with Crippen molar-refractivity contribution in [3.8, 4) is 0 Å². The molecule has 1 aliphatic rings. The van der Waals surface area contributed by atoms with Gasteiger partial charge in [-0.1, -0.05) is 17.7 Å². The molecule has 0 atom stereocenters. The Morgan fingerprint density at radius 2 is 1.85 bits per heavy atom. The number of piperidine rings is 1. The molecule has 2 rings (SSSR count). The van der Waals surface area contributed by atoms with Crippen LogP contribution in [0.5, 0.6) is 0 Å². The van der Waals surface area contributed by atoms with Crippen molar-refractivity contribution >= 4 is 27.5 Å². The Morgan fingerprint density at radius 3 is 2.40 bits per heavy atom. The van der Waals surface area contributed by atoms with Crippen LogP contribution in [0.3, 0.4) is 0 Å². The number of nitrogens with zero attached hydrogens (tertiary/aromatic N) is 1. The van der Waals surface area contributed by atoms with Gasteiger partial charge in [0.2, 0.25) is 0 Å². The fraction of sp³-hybridized carbons (Fsp3) is 0.538. The zero-order chi connectivity index (χ0) is 14.9. The van der Waals surface area contributed by atoms with Crippen LogP contribution in [0, 0.1) is 11.7 Å². The first-order valence-electron chi connectivity index (χ1n) is 6.20. The number of halogens is 6. The maximum atomic E-state index is 13.9. The molecular weight excluding hydrogens is 361 g/mol. The smallest absolute Gasteiger partial charge is 0.299 e. The molecule has 0 N–H and O–H groups in total. The van der Waals surface area contributed by atoms with Gasteiger partial charge in [0.25, 0.3) is 0 Å². The van der Waals surface area contributed by atoms with Gasteiger partial charge in [-0.2, -0.15) is 13.2 Å². The first-order chi connectivity index (χ1) is 9.29. The number of hydrogen-bond acceptors (Lipinski definition) is 1. The van der Waals surface area contributed by atoms with Crippen LogP contribution < -0.4 is 0 Å². The first-order valence-corrected chi connectivity index (χ1v) is 7.37. The molecule has 1 aromatic rings. The van der Waals surface area contributed by atoms with Crippen molar-refractivity contribution in [3.05, 3.63) is 33.0 Å². The Bertz CT molecular complexity index is 484. The van der Waals surface area contributed by atoms with Gasteiger partial charge in [-0.05, 0) is 47.9 Å². The highest BCUT2D eigenvalue weighted by Gasteiger charge is 2.41. The van der Waals surface area contributed by atoms with E-state index in [4.69, 9.17) is 11.6 Å². The molecule has 7 heteroatoms. The summed E-state index contributed by atoms with van der Waals surface area (Å²) in [4.78, 5) is 1.82. The number of alkyl halides is 3. The maximum absolute atomic E-state index is 13.9. The Labute approximate surface area is 128 Å². The lowest BCUT2D eigenvalue weighted by molar-refractivity contribution is -0.185. The van der Waals surface area contributed by atoms with Crippen molar-refractivity contribution in [1.29, 1.82) is 0 Å². The molecule has 0 bridgehead atoms. The van der Waals surface area contributed by atoms with Gasteiger partial charge < -0.3 is 0 Å². The molecule has 0 unspecified atom stereocenters. The molecular formula is C13H13BrClF4N. The minimum atomic E-state index is -4.13. The molecule has 112 valence electrons. The summed E-state index contributed by atoms with van der Waals surface area (Å²) in [7, 11) is 0. The quantitative estimate of drug-likeness (QED) is 0.519. The van der Waals surface area contributed by atoms with Crippen LogP contribution in [0.25, 0.3) is 0 Å². The standard InChI is InChI=1S/C13H13BrClF4N/c14-10-2-1-8(12(16)11(10)15)7-20-5-3-9(4-6-20)13(17,18)19/h1-2,9H,3-7H2. The van der Waals surface area contributed by atoms with E-state index in [2.05, 4.69) is 15.9 Å². The molecule has 1 saturated heterocycles. The van der Waals surface area contributed by atoms with Gasteiger partial charge >= 0.3 is 6.18 Å². The van der Waals surface area contributed by atoms with E-state index < -0.39 is 17.9 Å². The summed E-state index contributed by atoms with van der Waals surface area (Å²) in [5.41, 5.74) is 0.406. The molecule has 20 heavy (non-hydrogen) atoms. The summed E-state index contributed by atoms with van der Waals surface area (Å²) >= 11 is 8.92. The van der Waals surface area contributed by atoms with Crippen molar-refractivity contribution in [3.63, 3.8) is 0 Å². The average Bonchev–Trinajstić information content (AvgIpc) is 2.39. The molecule has 0 radical (unpaired) electrons. The Balaban J connectivity index is 1.98. The van der Waals surface area contributed by atoms with Gasteiger partial charge in [0.05, 0.1) is 10.9 Å². The highest BCUT2D eigenvalue weighted by atomic mass is 79.9. The maximum Gasteiger partial charge on any atom is 0.391 e. The van der Waals surface area contributed by atoms with E-state index in [9.17, 15) is 17.6 Å². The van der Waals surface area contributed by atoms with Crippen LogP contribution in [0.15, 0.2) is 16.6 Å². The van der Waals surface area contributed by atoms with Crippen LogP contribution in [0.1, 0.15) is 18.4 Å². The largest absolute Gasteiger partial charge is 0.391 e. The van der Waals surface area contributed by atoms with Gasteiger partial charge in [0, 0.05) is 16.6 Å². The summed E-state index contributed by atoms with van der Waals surface area (Å²) in [6.07, 6.45) is -4.00. The third kappa shape index (κ3) is 3.65. The van der Waals surface area contributed by atoms with E-state index in [0.717, 1.165) is 0 Å². The van der Waals surface area contributed by atoms with E-state index in [-0.39, 0.29) is 24.4 Å². The summed E-state index contributed by atoms with van der Waals surface area (Å²) in [5.74, 6) is -1.75. The van der Waals surface area contributed by atoms with E-state index >= 15 is 0 Å². The van der Waals surface area contributed by atoms with Crippen molar-refractivity contribution < 1.29 is 17.6 Å². The van der Waals surface area contributed by atoms with Crippen molar-refractivity contribution in [1.82, 2.24) is 4.90 Å². The highest BCUT2D eigenvalue weighted by molar-refractivity contribution is 9.10. The van der Waals surface area contributed by atoms with E-state index in [1.54, 1.807) is 12.1 Å². The molecule has 0 aliphatic carbocycles. The Morgan fingerprint density at radius 1 is 1.25 bits per heavy atom. The van der Waals surface area contributed by atoms with Gasteiger partial charge in [0.15, 0.2) is 0 Å². The Hall–Kier alpha value is -0.330. The lowest BCUT2D eigenvalue weighted by Crippen LogP contribution is -2.38. The zero-order valence-electron chi connectivity index (χ0n) is 10.5. The molecule has 0 amide bonds. The minimum absolute atomic E-state index is 0.00711. The van der Waals surface area contributed by atoms with Crippen molar-refractivity contribution in [2.75, 3.05) is 13.1 Å². The van der Waals surface area contributed by atoms with Crippen molar-refractivity contribution in [2.24, 2.45) is 5.92 Å². The fourth-order valence-corrected chi connectivity index (χ4v) is 2.84. The van der Waals surface area contributed by atoms with Crippen LogP contribution in [0.2, 0.25) is 5.02 Å². The lowest BCUT2D eigenvalue weighted by atomic mass is 9.96. The molecule has 1 fully saturated rings. The molecule has 0 saturated carbocycles.